The first-order valence-electron chi connectivity index (χ1n) is 3.43. The van der Waals surface area contributed by atoms with Gasteiger partial charge in [0.15, 0.2) is 29.2 Å². The van der Waals surface area contributed by atoms with Crippen molar-refractivity contribution in [2.45, 2.75) is 0 Å². The molecular formula is C7H4N4O2. The maximum atomic E-state index is 10.4. The van der Waals surface area contributed by atoms with E-state index in [2.05, 4.69) is 20.6 Å². The first kappa shape index (κ1) is 7.36. The maximum absolute atomic E-state index is 10.4. The second-order valence-corrected chi connectivity index (χ2v) is 2.33. The van der Waals surface area contributed by atoms with Gasteiger partial charge in [-0.15, -0.1) is 0 Å². The Morgan fingerprint density at radius 2 is 2.08 bits per heavy atom. The molecule has 6 nitrogen and oxygen atoms in total. The third kappa shape index (κ3) is 1.03. The molecule has 1 aromatic heterocycles. The van der Waals surface area contributed by atoms with E-state index in [-0.39, 0.29) is 11.5 Å². The molecule has 0 fully saturated rings. The van der Waals surface area contributed by atoms with Crippen LogP contribution in [0.2, 0.25) is 0 Å². The molecule has 0 radical (unpaired) electrons. The van der Waals surface area contributed by atoms with Gasteiger partial charge in [-0.3, -0.25) is 0 Å². The number of nitrogens with one attached hydrogen (secondary N) is 3. The number of carbonyl (C=O) groups excluding carboxylic acids is 2. The number of nitrogens with zero attached hydrogens (tertiary/aromatic N) is 1. The number of hydrogen-bond donors (Lipinski definition) is 3. The molecule has 1 aromatic rings. The quantitative estimate of drug-likeness (QED) is 0.454. The van der Waals surface area contributed by atoms with Crippen molar-refractivity contribution in [3.8, 4) is 0 Å². The zero-order chi connectivity index (χ0) is 9.26. The lowest BCUT2D eigenvalue weighted by Crippen LogP contribution is -2.25. The number of rotatable bonds is 0. The van der Waals surface area contributed by atoms with Gasteiger partial charge in [-0.05, 0) is 0 Å². The van der Waals surface area contributed by atoms with Crippen LogP contribution >= 0.6 is 0 Å². The molecule has 1 aliphatic rings. The summed E-state index contributed by atoms with van der Waals surface area (Å²) in [5, 5.41) is 5.13. The Bertz CT molecular complexity index is 449. The number of aromatic nitrogens is 2. The minimum Gasteiger partial charge on any atom is -0.341 e. The summed E-state index contributed by atoms with van der Waals surface area (Å²) in [6, 6.07) is 0. The van der Waals surface area contributed by atoms with E-state index in [0.717, 1.165) is 0 Å². The van der Waals surface area contributed by atoms with Gasteiger partial charge in [0.25, 0.3) is 0 Å². The molecule has 0 saturated carbocycles. The van der Waals surface area contributed by atoms with Crippen LogP contribution in [0.25, 0.3) is 5.70 Å². The molecule has 3 N–H and O–H groups in total. The highest BCUT2D eigenvalue weighted by Crippen LogP contribution is 2.21. The number of imidazole rings is 1. The summed E-state index contributed by atoms with van der Waals surface area (Å²) in [6.07, 6.45) is 1.41. The fraction of sp³-hybridized carbons (Fsp3) is 0. The molecule has 2 heterocycles. The van der Waals surface area contributed by atoms with Gasteiger partial charge < -0.3 is 15.6 Å². The summed E-state index contributed by atoms with van der Waals surface area (Å²) in [5.74, 6) is 3.71. The summed E-state index contributed by atoms with van der Waals surface area (Å²) in [7, 11) is 0. The zero-order valence-electron chi connectivity index (χ0n) is 6.34. The predicted octanol–water partition coefficient (Wildman–Crippen LogP) is -0.730. The summed E-state index contributed by atoms with van der Waals surface area (Å²) >= 11 is 0. The van der Waals surface area contributed by atoms with Crippen molar-refractivity contribution >= 4 is 23.4 Å². The monoisotopic (exact) mass is 176 g/mol. The number of fused-ring (bicyclic) bond motifs is 1. The molecule has 0 amide bonds. The number of hydrogen-bond acceptors (Lipinski definition) is 5. The van der Waals surface area contributed by atoms with Crippen LogP contribution < -0.4 is 10.6 Å². The van der Waals surface area contributed by atoms with Crippen LogP contribution in [0.15, 0.2) is 12.1 Å². The second kappa shape index (κ2) is 2.64. The smallest absolute Gasteiger partial charge is 0.197 e. The van der Waals surface area contributed by atoms with Gasteiger partial charge in [0.1, 0.15) is 5.69 Å². The third-order valence-corrected chi connectivity index (χ3v) is 1.59. The first-order chi connectivity index (χ1) is 6.35. The summed E-state index contributed by atoms with van der Waals surface area (Å²) in [5.41, 5.74) is 0.624. The molecule has 0 spiro atoms. The summed E-state index contributed by atoms with van der Waals surface area (Å²) < 4.78 is 0. The number of aromatic amines is 1. The molecule has 2 rings (SSSR count). The SMILES string of the molecule is O=C=C1NC(=C=O)c2[nH]cnc2N1. The largest absolute Gasteiger partial charge is 0.341 e. The van der Waals surface area contributed by atoms with E-state index < -0.39 is 0 Å². The van der Waals surface area contributed by atoms with Crippen LogP contribution in [0, 0.1) is 0 Å². The van der Waals surface area contributed by atoms with Gasteiger partial charge in [-0.1, -0.05) is 0 Å². The lowest BCUT2D eigenvalue weighted by Gasteiger charge is -2.15. The standard InChI is InChI=1S/C7H4N4O2/c12-1-4-6-7(9-3-8-6)11-5(2-13)10-4/h3,10-11H,(H,8,9). The molecule has 0 aromatic carbocycles. The van der Waals surface area contributed by atoms with Crippen molar-refractivity contribution in [2.24, 2.45) is 0 Å². The van der Waals surface area contributed by atoms with Crippen LogP contribution in [0.1, 0.15) is 5.69 Å². The molecular weight excluding hydrogens is 172 g/mol. The lowest BCUT2D eigenvalue weighted by molar-refractivity contribution is 0.565. The van der Waals surface area contributed by atoms with Crippen LogP contribution in [0.5, 0.6) is 0 Å². The Kier molecular flexibility index (Phi) is 1.49. The lowest BCUT2D eigenvalue weighted by atomic mass is 10.3. The highest BCUT2D eigenvalue weighted by atomic mass is 16.1. The molecule has 0 aliphatic carbocycles. The van der Waals surface area contributed by atoms with Crippen molar-refractivity contribution < 1.29 is 9.59 Å². The van der Waals surface area contributed by atoms with E-state index in [1.807, 2.05) is 0 Å². The number of H-pyrrole nitrogens is 1. The van der Waals surface area contributed by atoms with Gasteiger partial charge in [0.05, 0.1) is 6.33 Å². The van der Waals surface area contributed by atoms with Crippen LogP contribution in [0.4, 0.5) is 5.82 Å². The zero-order valence-corrected chi connectivity index (χ0v) is 6.34. The highest BCUT2D eigenvalue weighted by Gasteiger charge is 2.20. The van der Waals surface area contributed by atoms with Crippen LogP contribution in [0.3, 0.4) is 0 Å². The van der Waals surface area contributed by atoms with E-state index in [4.69, 9.17) is 0 Å². The van der Waals surface area contributed by atoms with E-state index >= 15 is 0 Å². The molecule has 1 aliphatic heterocycles. The first-order valence-corrected chi connectivity index (χ1v) is 3.43. The Morgan fingerprint density at radius 3 is 2.77 bits per heavy atom. The molecule has 13 heavy (non-hydrogen) atoms. The van der Waals surface area contributed by atoms with Crippen LogP contribution in [-0.2, 0) is 9.59 Å². The molecule has 6 heteroatoms. The molecule has 64 valence electrons. The average Bonchev–Trinajstić information content (AvgIpc) is 2.63. The highest BCUT2D eigenvalue weighted by molar-refractivity contribution is 5.93. The van der Waals surface area contributed by atoms with E-state index in [9.17, 15) is 9.59 Å². The van der Waals surface area contributed by atoms with Crippen molar-refractivity contribution in [3.05, 3.63) is 17.8 Å². The molecule has 0 unspecified atom stereocenters. The van der Waals surface area contributed by atoms with Gasteiger partial charge in [0, 0.05) is 0 Å². The maximum Gasteiger partial charge on any atom is 0.197 e. The van der Waals surface area contributed by atoms with E-state index in [0.29, 0.717) is 11.5 Å². The van der Waals surface area contributed by atoms with E-state index in [1.165, 1.54) is 6.33 Å². The van der Waals surface area contributed by atoms with E-state index in [1.54, 1.807) is 11.9 Å². The Hall–Kier alpha value is -2.29. The minimum atomic E-state index is 0.0537. The Balaban J connectivity index is 2.60. The van der Waals surface area contributed by atoms with Crippen molar-refractivity contribution in [1.82, 2.24) is 15.3 Å². The van der Waals surface area contributed by atoms with Crippen molar-refractivity contribution in [3.63, 3.8) is 0 Å². The van der Waals surface area contributed by atoms with Crippen LogP contribution in [-0.4, -0.2) is 21.9 Å². The second-order valence-electron chi connectivity index (χ2n) is 2.33. The minimum absolute atomic E-state index is 0.0537. The fourth-order valence-electron chi connectivity index (χ4n) is 1.04. The predicted molar refractivity (Wildman–Crippen MR) is 43.7 cm³/mol. The Labute approximate surface area is 72.4 Å². The van der Waals surface area contributed by atoms with Gasteiger partial charge >= 0.3 is 0 Å². The third-order valence-electron chi connectivity index (χ3n) is 1.59. The number of anilines is 1. The summed E-state index contributed by atoms with van der Waals surface area (Å²) in [4.78, 5) is 27.3. The molecule has 0 bridgehead atoms. The Morgan fingerprint density at radius 1 is 1.23 bits per heavy atom. The average molecular weight is 176 g/mol. The van der Waals surface area contributed by atoms with Crippen molar-refractivity contribution in [2.75, 3.05) is 5.32 Å². The summed E-state index contributed by atoms with van der Waals surface area (Å²) in [6.45, 7) is 0. The molecule has 0 atom stereocenters. The van der Waals surface area contributed by atoms with Crippen molar-refractivity contribution in [1.29, 1.82) is 0 Å². The fourth-order valence-corrected chi connectivity index (χ4v) is 1.04. The van der Waals surface area contributed by atoms with Gasteiger partial charge in [0.2, 0.25) is 0 Å². The van der Waals surface area contributed by atoms with Gasteiger partial charge in [-0.2, -0.15) is 0 Å². The van der Waals surface area contributed by atoms with Gasteiger partial charge in [-0.25, -0.2) is 14.6 Å². The normalized spacial score (nSPS) is 13.5. The topological polar surface area (TPSA) is 86.9 Å². The molecule has 0 saturated heterocycles.